The molecule has 2 aliphatic rings. The number of benzene rings is 4. The number of nitrogens with two attached hydrogens (primary N) is 1. The second-order valence-electron chi connectivity index (χ2n) is 16.6. The highest BCUT2D eigenvalue weighted by molar-refractivity contribution is 6.28. The average Bonchev–Trinajstić information content (AvgIpc) is 3.37. The lowest BCUT2D eigenvalue weighted by atomic mass is 10.0. The van der Waals surface area contributed by atoms with Crippen molar-refractivity contribution in [1.29, 1.82) is 0 Å². The Kier molecular flexibility index (Phi) is 16.7. The van der Waals surface area contributed by atoms with Crippen molar-refractivity contribution < 1.29 is 18.9 Å². The molecule has 70 heavy (non-hydrogen) atoms. The summed E-state index contributed by atoms with van der Waals surface area (Å²) in [7, 11) is 7.39. The lowest BCUT2D eigenvalue weighted by Gasteiger charge is -2.34. The molecule has 2 unspecified atom stereocenters. The molecule has 0 bridgehead atoms. The third-order valence-corrected chi connectivity index (χ3v) is 12.0. The van der Waals surface area contributed by atoms with E-state index in [1.807, 2.05) is 106 Å². The van der Waals surface area contributed by atoms with Crippen LogP contribution in [0.2, 0.25) is 5.28 Å². The van der Waals surface area contributed by atoms with Crippen LogP contribution < -0.4 is 39.8 Å². The molecule has 0 spiro atoms. The number of aromatic nitrogens is 6. The van der Waals surface area contributed by atoms with Gasteiger partial charge in [0.25, 0.3) is 0 Å². The zero-order chi connectivity index (χ0) is 48.3. The summed E-state index contributed by atoms with van der Waals surface area (Å²) in [6.07, 6.45) is 8.75. The van der Waals surface area contributed by atoms with Crippen LogP contribution in [0, 0.1) is 13.8 Å². The molecule has 2 atom stereocenters. The van der Waals surface area contributed by atoms with Crippen LogP contribution in [0.3, 0.4) is 0 Å². The number of rotatable bonds is 10. The molecule has 4 aromatic carbocycles. The summed E-state index contributed by atoms with van der Waals surface area (Å²) in [5.41, 5.74) is 15.9. The Morgan fingerprint density at radius 3 is 1.66 bits per heavy atom. The quantitative estimate of drug-likeness (QED) is 0.0985. The molecule has 360 valence electrons. The van der Waals surface area contributed by atoms with E-state index in [0.29, 0.717) is 36.3 Å². The fraction of sp³-hybridized carbons (Fsp3) is 0.236. The van der Waals surface area contributed by atoms with E-state index in [4.69, 9.17) is 41.3 Å². The minimum atomic E-state index is 0. The van der Waals surface area contributed by atoms with Crippen LogP contribution in [-0.2, 0) is 12.8 Å². The first-order valence-electron chi connectivity index (χ1n) is 22.5. The zero-order valence-electron chi connectivity index (χ0n) is 39.5. The summed E-state index contributed by atoms with van der Waals surface area (Å²) in [6.45, 7) is 5.17. The Bertz CT molecular complexity index is 2980. The molecule has 2 aliphatic heterocycles. The van der Waals surface area contributed by atoms with Gasteiger partial charge in [-0.15, -0.1) is 0 Å². The highest BCUT2D eigenvalue weighted by Crippen LogP contribution is 2.36. The molecule has 15 heteroatoms. The van der Waals surface area contributed by atoms with Gasteiger partial charge in [-0.2, -0.15) is 9.97 Å². The van der Waals surface area contributed by atoms with Gasteiger partial charge in [0.15, 0.2) is 23.1 Å². The van der Waals surface area contributed by atoms with Crippen molar-refractivity contribution in [2.45, 2.75) is 46.2 Å². The third kappa shape index (κ3) is 12.4. The van der Waals surface area contributed by atoms with Gasteiger partial charge in [-0.1, -0.05) is 68.1 Å². The maximum atomic E-state index is 5.98. The van der Waals surface area contributed by atoms with Crippen molar-refractivity contribution in [3.63, 3.8) is 0 Å². The van der Waals surface area contributed by atoms with Gasteiger partial charge in [0.1, 0.15) is 24.7 Å². The summed E-state index contributed by atoms with van der Waals surface area (Å²) in [4.78, 5) is 30.1. The predicted octanol–water partition coefficient (Wildman–Crippen LogP) is 10.9. The van der Waals surface area contributed by atoms with Crippen molar-refractivity contribution in [3.05, 3.63) is 174 Å². The highest BCUT2D eigenvalue weighted by atomic mass is 35.5. The lowest BCUT2D eigenvalue weighted by molar-refractivity contribution is 0.262. The van der Waals surface area contributed by atoms with E-state index in [2.05, 4.69) is 83.5 Å². The minimum absolute atomic E-state index is 0. The van der Waals surface area contributed by atoms with Crippen molar-refractivity contribution in [2.75, 3.05) is 62.4 Å². The molecule has 0 saturated heterocycles. The van der Waals surface area contributed by atoms with E-state index in [9.17, 15) is 0 Å². The van der Waals surface area contributed by atoms with Gasteiger partial charge in [0, 0.05) is 72.5 Å². The average molecular weight is 960 g/mol. The normalized spacial score (nSPS) is 14.3. The number of hydrogen-bond acceptors (Lipinski definition) is 14. The summed E-state index contributed by atoms with van der Waals surface area (Å²) < 4.78 is 22.7. The number of aryl methyl sites for hydroxylation is 2. The first-order chi connectivity index (χ1) is 33.5. The molecule has 0 aliphatic carbocycles. The van der Waals surface area contributed by atoms with E-state index in [-0.39, 0.29) is 24.8 Å². The fourth-order valence-corrected chi connectivity index (χ4v) is 8.22. The molecule has 0 amide bonds. The van der Waals surface area contributed by atoms with Crippen molar-refractivity contribution in [3.8, 4) is 45.3 Å². The van der Waals surface area contributed by atoms with Gasteiger partial charge in [-0.3, -0.25) is 9.97 Å². The van der Waals surface area contributed by atoms with Gasteiger partial charge < -0.3 is 39.8 Å². The Balaban J connectivity index is 0.000000169. The highest BCUT2D eigenvalue weighted by Gasteiger charge is 2.28. The van der Waals surface area contributed by atoms with Gasteiger partial charge in [-0.25, -0.2) is 9.97 Å². The standard InChI is InChI=1S/C27H27N5O2.C14H14ClN3O.C13H14N2O.CH4/c1-18-13-20(11-12-28-18)23-10-9-21(15-24(23)33-3)30-27-29-16-25-26(31-27)32(2)22(17-34-25)14-19-7-5-4-6-8-19;1-18-11(7-10-5-3-2-4-6-10)9-19-12-8-16-14(15)17-13(12)18;1-9-7-10(5-6-15-9)12-4-3-11(14)8-13(12)16-2;/h4-13,15-16,22H,14,17H2,1-3H3,(H,29,30,31);2-6,8,11H,7,9H2,1H3;3-8H,14H2,1-2H3;1H4. The fourth-order valence-electron chi connectivity index (χ4n) is 8.09. The summed E-state index contributed by atoms with van der Waals surface area (Å²) in [6, 6.07) is 40.9. The van der Waals surface area contributed by atoms with Crippen LogP contribution in [0.4, 0.5) is 29.0 Å². The van der Waals surface area contributed by atoms with E-state index in [1.54, 1.807) is 39.0 Å². The van der Waals surface area contributed by atoms with Gasteiger partial charge in [0.05, 0.1) is 38.7 Å². The number of ether oxygens (including phenoxy) is 4. The van der Waals surface area contributed by atoms with E-state index >= 15 is 0 Å². The smallest absolute Gasteiger partial charge is 0.229 e. The number of pyridine rings is 2. The molecule has 6 heterocycles. The van der Waals surface area contributed by atoms with Crippen molar-refractivity contribution >= 4 is 40.6 Å². The number of methoxy groups -OCH3 is 2. The molecule has 0 fully saturated rings. The van der Waals surface area contributed by atoms with Gasteiger partial charge in [0.2, 0.25) is 11.2 Å². The van der Waals surface area contributed by atoms with Crippen LogP contribution in [-0.4, -0.2) is 83.5 Å². The molecule has 0 radical (unpaired) electrons. The summed E-state index contributed by atoms with van der Waals surface area (Å²) in [5, 5.41) is 3.55. The molecular weight excluding hydrogens is 900 g/mol. The van der Waals surface area contributed by atoms with Gasteiger partial charge in [-0.05, 0) is 109 Å². The minimum Gasteiger partial charge on any atom is -0.496 e. The van der Waals surface area contributed by atoms with Crippen LogP contribution in [0.1, 0.15) is 29.9 Å². The summed E-state index contributed by atoms with van der Waals surface area (Å²) in [5.74, 6) is 4.97. The zero-order valence-corrected chi connectivity index (χ0v) is 40.3. The largest absolute Gasteiger partial charge is 0.496 e. The number of fused-ring (bicyclic) bond motifs is 2. The van der Waals surface area contributed by atoms with Crippen LogP contribution in [0.5, 0.6) is 23.0 Å². The monoisotopic (exact) mass is 958 g/mol. The first-order valence-corrected chi connectivity index (χ1v) is 22.9. The number of hydrogen-bond donors (Lipinski definition) is 2. The van der Waals surface area contributed by atoms with E-state index in [1.165, 1.54) is 11.1 Å². The van der Waals surface area contributed by atoms with E-state index in [0.717, 1.165) is 75.3 Å². The maximum absolute atomic E-state index is 5.98. The second-order valence-corrected chi connectivity index (χ2v) is 16.9. The number of nitrogen functional groups attached to an aromatic ring is 1. The maximum Gasteiger partial charge on any atom is 0.229 e. The second kappa shape index (κ2) is 23.4. The van der Waals surface area contributed by atoms with Crippen LogP contribution in [0.15, 0.2) is 146 Å². The Morgan fingerprint density at radius 2 is 1.13 bits per heavy atom. The summed E-state index contributed by atoms with van der Waals surface area (Å²) >= 11 is 5.85. The number of anilines is 5. The molecule has 4 aromatic heterocycles. The van der Waals surface area contributed by atoms with Gasteiger partial charge >= 0.3 is 0 Å². The number of nitrogens with one attached hydrogen (secondary N) is 1. The Morgan fingerprint density at radius 1 is 0.629 bits per heavy atom. The molecule has 3 N–H and O–H groups in total. The molecule has 14 nitrogen and oxygen atoms in total. The van der Waals surface area contributed by atoms with E-state index < -0.39 is 0 Å². The molecule has 8 aromatic rings. The molecule has 0 saturated carbocycles. The SMILES string of the molecule is C.CN1c2nc(Cl)ncc2OCC1Cc1ccccc1.COc1cc(N)ccc1-c1ccnc(C)c1.COc1cc(Nc2ncc3c(n2)N(C)C(Cc2ccccc2)CO3)ccc1-c1ccnc(C)c1. The van der Waals surface area contributed by atoms with Crippen molar-refractivity contribution in [2.24, 2.45) is 0 Å². The predicted molar refractivity (Wildman–Crippen MR) is 281 cm³/mol. The molecular formula is C55H59ClN10O4. The number of likely N-dealkylation sites (N-methyl/N-ethyl adjacent to an activating group) is 2. The third-order valence-electron chi connectivity index (χ3n) is 11.8. The first kappa shape index (κ1) is 49.9. The number of halogens is 1. The topological polar surface area (TPSA) is 159 Å². The van der Waals surface area contributed by atoms with Crippen LogP contribution >= 0.6 is 11.6 Å². The lowest BCUT2D eigenvalue weighted by Crippen LogP contribution is -2.42. The Hall–Kier alpha value is -7.97. The molecule has 10 rings (SSSR count). The Labute approximate surface area is 415 Å². The van der Waals surface area contributed by atoms with Crippen molar-refractivity contribution in [1.82, 2.24) is 29.9 Å². The number of nitrogens with zero attached hydrogens (tertiary/aromatic N) is 8. The van der Waals surface area contributed by atoms with Crippen LogP contribution in [0.25, 0.3) is 22.3 Å².